The van der Waals surface area contributed by atoms with E-state index in [1.54, 1.807) is 31.0 Å². The molecule has 0 saturated carbocycles. The summed E-state index contributed by atoms with van der Waals surface area (Å²) >= 11 is 1.50. The molecule has 0 radical (unpaired) electrons. The lowest BCUT2D eigenvalue weighted by Gasteiger charge is -2.09. The summed E-state index contributed by atoms with van der Waals surface area (Å²) in [6.45, 7) is 0. The Hall–Kier alpha value is -3.85. The molecule has 3 aromatic carbocycles. The minimum Gasteiger partial charge on any atom is -0.497 e. The van der Waals surface area contributed by atoms with E-state index in [-0.39, 0.29) is 5.69 Å². The number of rotatable bonds is 7. The van der Waals surface area contributed by atoms with Crippen molar-refractivity contribution in [2.75, 3.05) is 14.2 Å². The summed E-state index contributed by atoms with van der Waals surface area (Å²) in [5.74, 6) is 1.33. The summed E-state index contributed by atoms with van der Waals surface area (Å²) in [5.41, 5.74) is 2.36. The molecular weight excluding hydrogens is 416 g/mol. The third-order valence-corrected chi connectivity index (χ3v) is 5.65. The fourth-order valence-corrected chi connectivity index (χ4v) is 3.97. The fourth-order valence-electron chi connectivity index (χ4n) is 3.01. The Bertz CT molecular complexity index is 1220. The summed E-state index contributed by atoms with van der Waals surface area (Å²) in [7, 11) is 3.20. The normalized spacial score (nSPS) is 10.6. The van der Waals surface area contributed by atoms with Crippen LogP contribution >= 0.6 is 11.8 Å². The molecule has 0 N–H and O–H groups in total. The average Bonchev–Trinajstić information content (AvgIpc) is 3.29. The molecule has 1 aromatic heterocycles. The first kappa shape index (κ1) is 20.4. The lowest BCUT2D eigenvalue weighted by atomic mass is 10.2. The van der Waals surface area contributed by atoms with Gasteiger partial charge in [-0.25, -0.2) is 4.68 Å². The minimum absolute atomic E-state index is 0.0628. The van der Waals surface area contributed by atoms with Crippen LogP contribution in [0.3, 0.4) is 0 Å². The van der Waals surface area contributed by atoms with Crippen LogP contribution in [0.25, 0.3) is 16.9 Å². The standard InChI is InChI=1S/C22H18N4O4S/c1-29-16-9-12-21(30-2)20(13-16)25-14-19(23-24-25)18-5-3-4-6-22(18)31-17-10-7-15(8-11-17)26(27)28/h3-14H,1-2H3. The van der Waals surface area contributed by atoms with Gasteiger partial charge in [-0.15, -0.1) is 5.10 Å². The zero-order valence-corrected chi connectivity index (χ0v) is 17.6. The van der Waals surface area contributed by atoms with Crippen LogP contribution in [0.1, 0.15) is 0 Å². The second kappa shape index (κ2) is 8.88. The van der Waals surface area contributed by atoms with Crippen molar-refractivity contribution in [1.29, 1.82) is 0 Å². The zero-order chi connectivity index (χ0) is 21.8. The highest BCUT2D eigenvalue weighted by Gasteiger charge is 2.14. The highest BCUT2D eigenvalue weighted by Crippen LogP contribution is 2.36. The van der Waals surface area contributed by atoms with E-state index in [0.29, 0.717) is 22.9 Å². The monoisotopic (exact) mass is 434 g/mol. The molecule has 4 aromatic rings. The van der Waals surface area contributed by atoms with Gasteiger partial charge in [0.15, 0.2) is 0 Å². The molecular formula is C22H18N4O4S. The van der Waals surface area contributed by atoms with Gasteiger partial charge in [0.25, 0.3) is 5.69 Å². The Morgan fingerprint density at radius 2 is 1.77 bits per heavy atom. The van der Waals surface area contributed by atoms with E-state index in [1.165, 1.54) is 23.9 Å². The largest absolute Gasteiger partial charge is 0.497 e. The van der Waals surface area contributed by atoms with Crippen LogP contribution in [0.15, 0.2) is 82.7 Å². The number of benzene rings is 3. The van der Waals surface area contributed by atoms with Gasteiger partial charge in [-0.3, -0.25) is 10.1 Å². The van der Waals surface area contributed by atoms with Crippen molar-refractivity contribution in [3.63, 3.8) is 0 Å². The lowest BCUT2D eigenvalue weighted by Crippen LogP contribution is -1.99. The molecule has 0 aliphatic rings. The average molecular weight is 434 g/mol. The summed E-state index contributed by atoms with van der Waals surface area (Å²) in [6, 6.07) is 19.7. The highest BCUT2D eigenvalue weighted by atomic mass is 32.2. The van der Waals surface area contributed by atoms with Crippen molar-refractivity contribution < 1.29 is 14.4 Å². The van der Waals surface area contributed by atoms with Gasteiger partial charge in [-0.1, -0.05) is 35.2 Å². The van der Waals surface area contributed by atoms with E-state index in [9.17, 15) is 10.1 Å². The first-order chi connectivity index (χ1) is 15.1. The molecule has 0 saturated heterocycles. The van der Waals surface area contributed by atoms with Crippen molar-refractivity contribution in [3.8, 4) is 28.4 Å². The molecule has 8 nitrogen and oxygen atoms in total. The van der Waals surface area contributed by atoms with Crippen molar-refractivity contribution in [2.45, 2.75) is 9.79 Å². The number of methoxy groups -OCH3 is 2. The fraction of sp³-hybridized carbons (Fsp3) is 0.0909. The van der Waals surface area contributed by atoms with Crippen molar-refractivity contribution in [1.82, 2.24) is 15.0 Å². The van der Waals surface area contributed by atoms with Crippen LogP contribution in [0.2, 0.25) is 0 Å². The number of nitro benzene ring substituents is 1. The van der Waals surface area contributed by atoms with E-state index in [4.69, 9.17) is 9.47 Å². The van der Waals surface area contributed by atoms with E-state index in [1.807, 2.05) is 48.7 Å². The number of ether oxygens (including phenoxy) is 2. The molecule has 9 heteroatoms. The van der Waals surface area contributed by atoms with E-state index >= 15 is 0 Å². The maximum absolute atomic E-state index is 10.9. The molecule has 1 heterocycles. The van der Waals surface area contributed by atoms with E-state index in [0.717, 1.165) is 15.4 Å². The molecule has 0 atom stereocenters. The minimum atomic E-state index is -0.409. The molecule has 0 unspecified atom stereocenters. The van der Waals surface area contributed by atoms with Crippen molar-refractivity contribution in [3.05, 3.63) is 83.0 Å². The van der Waals surface area contributed by atoms with E-state index in [2.05, 4.69) is 10.3 Å². The van der Waals surface area contributed by atoms with Gasteiger partial charge >= 0.3 is 0 Å². The predicted molar refractivity (Wildman–Crippen MR) is 117 cm³/mol. The molecule has 0 aliphatic carbocycles. The van der Waals surface area contributed by atoms with Gasteiger partial charge in [0.1, 0.15) is 22.9 Å². The summed E-state index contributed by atoms with van der Waals surface area (Å²) in [5, 5.41) is 19.5. The van der Waals surface area contributed by atoms with Gasteiger partial charge in [0.05, 0.1) is 25.3 Å². The van der Waals surface area contributed by atoms with Crippen LogP contribution in [0.4, 0.5) is 5.69 Å². The van der Waals surface area contributed by atoms with Crippen LogP contribution in [-0.4, -0.2) is 34.1 Å². The quantitative estimate of drug-likeness (QED) is 0.298. The first-order valence-corrected chi connectivity index (χ1v) is 10.1. The number of aromatic nitrogens is 3. The summed E-state index contributed by atoms with van der Waals surface area (Å²) in [4.78, 5) is 12.3. The molecule has 31 heavy (non-hydrogen) atoms. The number of nitrogens with zero attached hydrogens (tertiary/aromatic N) is 4. The summed E-state index contributed by atoms with van der Waals surface area (Å²) < 4.78 is 12.4. The molecule has 0 spiro atoms. The number of nitro groups is 1. The predicted octanol–water partition coefficient (Wildman–Crippen LogP) is 5.01. The van der Waals surface area contributed by atoms with Gasteiger partial charge in [0, 0.05) is 33.6 Å². The molecule has 0 amide bonds. The first-order valence-electron chi connectivity index (χ1n) is 9.25. The zero-order valence-electron chi connectivity index (χ0n) is 16.8. The number of hydrogen-bond acceptors (Lipinski definition) is 7. The Morgan fingerprint density at radius 1 is 1.00 bits per heavy atom. The Morgan fingerprint density at radius 3 is 2.48 bits per heavy atom. The van der Waals surface area contributed by atoms with Crippen molar-refractivity contribution in [2.24, 2.45) is 0 Å². The molecule has 0 bridgehead atoms. The van der Waals surface area contributed by atoms with Crippen LogP contribution < -0.4 is 9.47 Å². The van der Waals surface area contributed by atoms with E-state index < -0.39 is 4.92 Å². The highest BCUT2D eigenvalue weighted by molar-refractivity contribution is 7.99. The SMILES string of the molecule is COc1ccc(OC)c(-n2cc(-c3ccccc3Sc3ccc([N+](=O)[O-])cc3)nn2)c1. The van der Waals surface area contributed by atoms with Crippen LogP contribution in [0.5, 0.6) is 11.5 Å². The number of hydrogen-bond donors (Lipinski definition) is 0. The third-order valence-electron chi connectivity index (χ3n) is 4.56. The van der Waals surface area contributed by atoms with Gasteiger partial charge in [-0.2, -0.15) is 0 Å². The van der Waals surface area contributed by atoms with Crippen LogP contribution in [0, 0.1) is 10.1 Å². The smallest absolute Gasteiger partial charge is 0.269 e. The second-order valence-electron chi connectivity index (χ2n) is 6.44. The van der Waals surface area contributed by atoms with Crippen molar-refractivity contribution >= 4 is 17.4 Å². The maximum atomic E-state index is 10.9. The van der Waals surface area contributed by atoms with Crippen LogP contribution in [-0.2, 0) is 0 Å². The third kappa shape index (κ3) is 4.36. The topological polar surface area (TPSA) is 92.3 Å². The Labute approximate surface area is 182 Å². The number of non-ortho nitro benzene ring substituents is 1. The molecule has 0 fully saturated rings. The molecule has 156 valence electrons. The summed E-state index contributed by atoms with van der Waals surface area (Å²) in [6.07, 6.45) is 1.83. The Kier molecular flexibility index (Phi) is 5.85. The maximum Gasteiger partial charge on any atom is 0.269 e. The second-order valence-corrected chi connectivity index (χ2v) is 7.55. The van der Waals surface area contributed by atoms with Gasteiger partial charge in [0.2, 0.25) is 0 Å². The molecule has 0 aliphatic heterocycles. The Balaban J connectivity index is 1.67. The van der Waals surface area contributed by atoms with Gasteiger partial charge in [-0.05, 0) is 30.3 Å². The van der Waals surface area contributed by atoms with Gasteiger partial charge < -0.3 is 9.47 Å². The molecule has 4 rings (SSSR count). The lowest BCUT2D eigenvalue weighted by molar-refractivity contribution is -0.384.